The van der Waals surface area contributed by atoms with Crippen LogP contribution in [0.1, 0.15) is 6.42 Å². The van der Waals surface area contributed by atoms with Gasteiger partial charge in [0.15, 0.2) is 5.96 Å². The minimum Gasteiger partial charge on any atom is -0.497 e. The average molecular weight is 321 g/mol. The Balaban J connectivity index is 1.69. The fourth-order valence-corrected chi connectivity index (χ4v) is 2.73. The molecule has 1 atom stereocenters. The second kappa shape index (κ2) is 9.25. The van der Waals surface area contributed by atoms with Crippen LogP contribution in [0.3, 0.4) is 0 Å². The lowest BCUT2D eigenvalue weighted by molar-refractivity contribution is 0.157. The standard InChI is InChI=1S/C17H27N3O3/c1-18-17(20-10-8-14(12-20)13-21-2)19-9-11-23-16-6-4-15(22-3)5-7-16/h4-7,14H,8-13H2,1-3H3,(H,18,19). The number of aliphatic imine (C=N–C) groups is 1. The van der Waals surface area contributed by atoms with Crippen LogP contribution in [0, 0.1) is 5.92 Å². The molecule has 1 heterocycles. The molecule has 1 saturated heterocycles. The number of benzene rings is 1. The molecule has 1 aliphatic heterocycles. The summed E-state index contributed by atoms with van der Waals surface area (Å²) in [5.41, 5.74) is 0. The lowest BCUT2D eigenvalue weighted by Gasteiger charge is -2.21. The maximum absolute atomic E-state index is 5.71. The van der Waals surface area contributed by atoms with E-state index in [1.807, 2.05) is 31.3 Å². The predicted molar refractivity (Wildman–Crippen MR) is 91.4 cm³/mol. The lowest BCUT2D eigenvalue weighted by atomic mass is 10.1. The van der Waals surface area contributed by atoms with Gasteiger partial charge < -0.3 is 24.4 Å². The molecule has 1 aliphatic rings. The molecule has 1 aromatic rings. The number of likely N-dealkylation sites (tertiary alicyclic amines) is 1. The van der Waals surface area contributed by atoms with E-state index in [0.29, 0.717) is 19.1 Å². The third-order valence-corrected chi connectivity index (χ3v) is 3.91. The summed E-state index contributed by atoms with van der Waals surface area (Å²) >= 11 is 0. The first-order valence-electron chi connectivity index (χ1n) is 7.98. The first-order valence-corrected chi connectivity index (χ1v) is 7.98. The zero-order valence-electron chi connectivity index (χ0n) is 14.2. The third-order valence-electron chi connectivity index (χ3n) is 3.91. The maximum atomic E-state index is 5.71. The Bertz CT molecular complexity index is 490. The highest BCUT2D eigenvalue weighted by atomic mass is 16.5. The molecule has 0 aromatic heterocycles. The van der Waals surface area contributed by atoms with Crippen LogP contribution >= 0.6 is 0 Å². The van der Waals surface area contributed by atoms with Crippen LogP contribution in [-0.2, 0) is 4.74 Å². The van der Waals surface area contributed by atoms with E-state index in [-0.39, 0.29) is 0 Å². The van der Waals surface area contributed by atoms with Crippen molar-refractivity contribution in [2.75, 3.05) is 54.1 Å². The summed E-state index contributed by atoms with van der Waals surface area (Å²) < 4.78 is 16.1. The van der Waals surface area contributed by atoms with Gasteiger partial charge in [-0.15, -0.1) is 0 Å². The van der Waals surface area contributed by atoms with E-state index in [9.17, 15) is 0 Å². The van der Waals surface area contributed by atoms with Gasteiger partial charge in [0.25, 0.3) is 0 Å². The maximum Gasteiger partial charge on any atom is 0.193 e. The zero-order valence-corrected chi connectivity index (χ0v) is 14.2. The van der Waals surface area contributed by atoms with Gasteiger partial charge in [0, 0.05) is 33.2 Å². The van der Waals surface area contributed by atoms with E-state index >= 15 is 0 Å². The molecule has 23 heavy (non-hydrogen) atoms. The third kappa shape index (κ3) is 5.32. The molecule has 0 radical (unpaired) electrons. The Morgan fingerprint density at radius 3 is 2.65 bits per heavy atom. The van der Waals surface area contributed by atoms with Crippen molar-refractivity contribution < 1.29 is 14.2 Å². The SMILES string of the molecule is CN=C(NCCOc1ccc(OC)cc1)N1CCC(COC)C1. The highest BCUT2D eigenvalue weighted by Crippen LogP contribution is 2.17. The van der Waals surface area contributed by atoms with E-state index in [0.717, 1.165) is 43.6 Å². The molecule has 6 nitrogen and oxygen atoms in total. The van der Waals surface area contributed by atoms with Crippen molar-refractivity contribution in [1.29, 1.82) is 0 Å². The first kappa shape index (κ1) is 17.4. The lowest BCUT2D eigenvalue weighted by Crippen LogP contribution is -2.41. The Kier molecular flexibility index (Phi) is 7.00. The monoisotopic (exact) mass is 321 g/mol. The van der Waals surface area contributed by atoms with Crippen LogP contribution < -0.4 is 14.8 Å². The van der Waals surface area contributed by atoms with Crippen molar-refractivity contribution in [3.8, 4) is 11.5 Å². The average Bonchev–Trinajstić information content (AvgIpc) is 3.04. The summed E-state index contributed by atoms with van der Waals surface area (Å²) in [6, 6.07) is 7.59. The van der Waals surface area contributed by atoms with Gasteiger partial charge in [-0.3, -0.25) is 4.99 Å². The Morgan fingerprint density at radius 1 is 1.26 bits per heavy atom. The minimum atomic E-state index is 0.584. The van der Waals surface area contributed by atoms with Crippen molar-refractivity contribution in [1.82, 2.24) is 10.2 Å². The van der Waals surface area contributed by atoms with Crippen LogP contribution in [0.4, 0.5) is 0 Å². The summed E-state index contributed by atoms with van der Waals surface area (Å²) in [4.78, 5) is 6.63. The van der Waals surface area contributed by atoms with E-state index in [2.05, 4.69) is 15.2 Å². The molecule has 0 bridgehead atoms. The van der Waals surface area contributed by atoms with Crippen LogP contribution in [0.25, 0.3) is 0 Å². The Hall–Kier alpha value is -1.95. The summed E-state index contributed by atoms with van der Waals surface area (Å²) in [7, 11) is 5.23. The van der Waals surface area contributed by atoms with Gasteiger partial charge in [-0.1, -0.05) is 0 Å². The zero-order chi connectivity index (χ0) is 16.5. The van der Waals surface area contributed by atoms with Crippen molar-refractivity contribution in [3.05, 3.63) is 24.3 Å². The fraction of sp³-hybridized carbons (Fsp3) is 0.588. The fourth-order valence-electron chi connectivity index (χ4n) is 2.73. The highest BCUT2D eigenvalue weighted by Gasteiger charge is 2.24. The number of nitrogens with zero attached hydrogens (tertiary/aromatic N) is 2. The molecule has 1 aromatic carbocycles. The molecule has 6 heteroatoms. The molecule has 128 valence electrons. The molecule has 0 aliphatic carbocycles. The topological polar surface area (TPSA) is 55.3 Å². The number of hydrogen-bond acceptors (Lipinski definition) is 4. The van der Waals surface area contributed by atoms with Crippen LogP contribution in [0.2, 0.25) is 0 Å². The first-order chi connectivity index (χ1) is 11.3. The van der Waals surface area contributed by atoms with Gasteiger partial charge in [-0.2, -0.15) is 0 Å². The molecular formula is C17H27N3O3. The number of ether oxygens (including phenoxy) is 3. The van der Waals surface area contributed by atoms with Crippen molar-refractivity contribution in [2.24, 2.45) is 10.9 Å². The normalized spacial score (nSPS) is 18.1. The minimum absolute atomic E-state index is 0.584. The van der Waals surface area contributed by atoms with E-state index in [1.54, 1.807) is 14.2 Å². The highest BCUT2D eigenvalue weighted by molar-refractivity contribution is 5.80. The van der Waals surface area contributed by atoms with Crippen molar-refractivity contribution in [3.63, 3.8) is 0 Å². The molecule has 1 N–H and O–H groups in total. The smallest absolute Gasteiger partial charge is 0.193 e. The molecule has 0 amide bonds. The van der Waals surface area contributed by atoms with E-state index in [4.69, 9.17) is 14.2 Å². The Labute approximate surface area is 138 Å². The molecule has 1 fully saturated rings. The molecular weight excluding hydrogens is 294 g/mol. The second-order valence-corrected chi connectivity index (χ2v) is 5.55. The van der Waals surface area contributed by atoms with Gasteiger partial charge >= 0.3 is 0 Å². The largest absolute Gasteiger partial charge is 0.497 e. The van der Waals surface area contributed by atoms with Crippen LogP contribution in [-0.4, -0.2) is 65.0 Å². The van der Waals surface area contributed by atoms with Crippen LogP contribution in [0.15, 0.2) is 29.3 Å². The molecule has 0 saturated carbocycles. The summed E-state index contributed by atoms with van der Waals surface area (Å²) in [6.45, 7) is 4.12. The number of rotatable bonds is 7. The van der Waals surface area contributed by atoms with Gasteiger partial charge in [0.1, 0.15) is 18.1 Å². The van der Waals surface area contributed by atoms with E-state index in [1.165, 1.54) is 0 Å². The van der Waals surface area contributed by atoms with Crippen molar-refractivity contribution >= 4 is 5.96 Å². The summed E-state index contributed by atoms with van der Waals surface area (Å²) in [5.74, 6) is 3.19. The quantitative estimate of drug-likeness (QED) is 0.470. The second-order valence-electron chi connectivity index (χ2n) is 5.55. The number of guanidine groups is 1. The summed E-state index contributed by atoms with van der Waals surface area (Å²) in [5, 5.41) is 3.35. The predicted octanol–water partition coefficient (Wildman–Crippen LogP) is 1.62. The number of nitrogens with one attached hydrogen (secondary N) is 1. The van der Waals surface area contributed by atoms with Crippen molar-refractivity contribution in [2.45, 2.75) is 6.42 Å². The van der Waals surface area contributed by atoms with Crippen LogP contribution in [0.5, 0.6) is 11.5 Å². The van der Waals surface area contributed by atoms with Gasteiger partial charge in [-0.05, 0) is 30.7 Å². The molecule has 2 rings (SSSR count). The number of hydrogen-bond donors (Lipinski definition) is 1. The Morgan fingerprint density at radius 2 is 2.00 bits per heavy atom. The van der Waals surface area contributed by atoms with Gasteiger partial charge in [0.2, 0.25) is 0 Å². The molecule has 0 spiro atoms. The van der Waals surface area contributed by atoms with E-state index < -0.39 is 0 Å². The van der Waals surface area contributed by atoms with Gasteiger partial charge in [-0.25, -0.2) is 0 Å². The van der Waals surface area contributed by atoms with Gasteiger partial charge in [0.05, 0.1) is 20.3 Å². The number of methoxy groups -OCH3 is 2. The summed E-state index contributed by atoms with van der Waals surface area (Å²) in [6.07, 6.45) is 1.15. The molecule has 1 unspecified atom stereocenters.